The second-order valence-corrected chi connectivity index (χ2v) is 5.09. The highest BCUT2D eigenvalue weighted by atomic mass is 16.5. The predicted molar refractivity (Wildman–Crippen MR) is 89.1 cm³/mol. The summed E-state index contributed by atoms with van der Waals surface area (Å²) < 4.78 is 5.65. The predicted octanol–water partition coefficient (Wildman–Crippen LogP) is 4.25. The minimum atomic E-state index is -0.568. The van der Waals surface area contributed by atoms with Crippen LogP contribution in [0.15, 0.2) is 72.8 Å². The summed E-state index contributed by atoms with van der Waals surface area (Å²) in [7, 11) is 0. The molecule has 1 unspecified atom stereocenters. The molecule has 110 valence electrons. The van der Waals surface area contributed by atoms with E-state index in [1.807, 2.05) is 72.8 Å². The number of amides is 1. The van der Waals surface area contributed by atoms with Crippen molar-refractivity contribution < 1.29 is 9.53 Å². The first-order valence-electron chi connectivity index (χ1n) is 7.24. The molecule has 22 heavy (non-hydrogen) atoms. The van der Waals surface area contributed by atoms with E-state index in [0.717, 1.165) is 16.5 Å². The molecular weight excluding hydrogens is 274 g/mol. The minimum Gasteiger partial charge on any atom is -0.481 e. The van der Waals surface area contributed by atoms with Crippen molar-refractivity contribution in [3.05, 3.63) is 72.8 Å². The highest BCUT2D eigenvalue weighted by Gasteiger charge is 2.15. The van der Waals surface area contributed by atoms with Crippen molar-refractivity contribution in [2.24, 2.45) is 0 Å². The summed E-state index contributed by atoms with van der Waals surface area (Å²) >= 11 is 0. The van der Waals surface area contributed by atoms with E-state index in [1.165, 1.54) is 0 Å². The van der Waals surface area contributed by atoms with Gasteiger partial charge in [0, 0.05) is 11.1 Å². The Morgan fingerprint density at radius 1 is 0.909 bits per heavy atom. The molecule has 0 heterocycles. The number of rotatable bonds is 4. The fourth-order valence-corrected chi connectivity index (χ4v) is 2.33. The first kappa shape index (κ1) is 14.1. The van der Waals surface area contributed by atoms with Crippen LogP contribution in [-0.4, -0.2) is 12.0 Å². The van der Waals surface area contributed by atoms with Gasteiger partial charge in [-0.25, -0.2) is 0 Å². The number of fused-ring (bicyclic) bond motifs is 1. The van der Waals surface area contributed by atoms with Crippen molar-refractivity contribution >= 4 is 22.4 Å². The summed E-state index contributed by atoms with van der Waals surface area (Å²) in [6.45, 7) is 1.74. The SMILES string of the molecule is CC(Oc1ccccc1)C(=O)Nc1cccc2ccccc12. The molecule has 1 N–H and O–H groups in total. The Bertz CT molecular complexity index is 778. The van der Waals surface area contributed by atoms with Gasteiger partial charge in [-0.3, -0.25) is 4.79 Å². The summed E-state index contributed by atoms with van der Waals surface area (Å²) in [4.78, 5) is 12.3. The molecule has 0 saturated heterocycles. The van der Waals surface area contributed by atoms with Crippen LogP contribution in [0.1, 0.15) is 6.92 Å². The van der Waals surface area contributed by atoms with E-state index in [0.29, 0.717) is 5.75 Å². The molecule has 1 amide bonds. The average Bonchev–Trinajstić information content (AvgIpc) is 2.56. The Labute approximate surface area is 129 Å². The lowest BCUT2D eigenvalue weighted by Gasteiger charge is -2.15. The Balaban J connectivity index is 1.75. The largest absolute Gasteiger partial charge is 0.481 e. The highest BCUT2D eigenvalue weighted by Crippen LogP contribution is 2.23. The van der Waals surface area contributed by atoms with Crippen LogP contribution in [0.2, 0.25) is 0 Å². The van der Waals surface area contributed by atoms with Crippen LogP contribution in [0.5, 0.6) is 5.75 Å². The lowest BCUT2D eigenvalue weighted by atomic mass is 10.1. The van der Waals surface area contributed by atoms with Crippen molar-refractivity contribution in [2.75, 3.05) is 5.32 Å². The maximum atomic E-state index is 12.3. The fraction of sp³-hybridized carbons (Fsp3) is 0.105. The molecule has 0 saturated carbocycles. The zero-order chi connectivity index (χ0) is 15.4. The topological polar surface area (TPSA) is 38.3 Å². The van der Waals surface area contributed by atoms with Crippen molar-refractivity contribution in [1.29, 1.82) is 0 Å². The van der Waals surface area contributed by atoms with Crippen molar-refractivity contribution in [3.8, 4) is 5.75 Å². The first-order chi connectivity index (χ1) is 10.7. The number of ether oxygens (including phenoxy) is 1. The lowest BCUT2D eigenvalue weighted by Crippen LogP contribution is -2.30. The molecular formula is C19H17NO2. The van der Waals surface area contributed by atoms with Crippen LogP contribution < -0.4 is 10.1 Å². The molecule has 1 atom stereocenters. The molecule has 3 aromatic rings. The van der Waals surface area contributed by atoms with Crippen LogP contribution in [0.3, 0.4) is 0 Å². The van der Waals surface area contributed by atoms with E-state index in [2.05, 4.69) is 5.32 Å². The molecule has 0 spiro atoms. The van der Waals surface area contributed by atoms with Gasteiger partial charge < -0.3 is 10.1 Å². The smallest absolute Gasteiger partial charge is 0.265 e. The molecule has 0 radical (unpaired) electrons. The lowest BCUT2D eigenvalue weighted by molar-refractivity contribution is -0.122. The maximum absolute atomic E-state index is 12.3. The van der Waals surface area contributed by atoms with E-state index < -0.39 is 6.10 Å². The standard InChI is InChI=1S/C19H17NO2/c1-14(22-16-10-3-2-4-11-16)19(21)20-18-13-7-9-15-8-5-6-12-17(15)18/h2-14H,1H3,(H,20,21). The quantitative estimate of drug-likeness (QED) is 0.780. The Morgan fingerprint density at radius 2 is 1.59 bits per heavy atom. The Hall–Kier alpha value is -2.81. The van der Waals surface area contributed by atoms with E-state index in [-0.39, 0.29) is 5.91 Å². The van der Waals surface area contributed by atoms with Gasteiger partial charge in [-0.1, -0.05) is 54.6 Å². The number of carbonyl (C=O) groups is 1. The van der Waals surface area contributed by atoms with Gasteiger partial charge in [-0.15, -0.1) is 0 Å². The third-order valence-electron chi connectivity index (χ3n) is 3.47. The van der Waals surface area contributed by atoms with Gasteiger partial charge in [0.2, 0.25) is 0 Å². The number of para-hydroxylation sites is 1. The number of hydrogen-bond acceptors (Lipinski definition) is 2. The van der Waals surface area contributed by atoms with Gasteiger partial charge in [0.05, 0.1) is 0 Å². The monoisotopic (exact) mass is 291 g/mol. The van der Waals surface area contributed by atoms with Crippen LogP contribution in [0, 0.1) is 0 Å². The van der Waals surface area contributed by atoms with Gasteiger partial charge in [0.25, 0.3) is 5.91 Å². The summed E-state index contributed by atoms with van der Waals surface area (Å²) in [6, 6.07) is 23.1. The molecule has 0 aliphatic carbocycles. The minimum absolute atomic E-state index is 0.166. The summed E-state index contributed by atoms with van der Waals surface area (Å²) in [5, 5.41) is 5.05. The molecule has 0 bridgehead atoms. The molecule has 3 heteroatoms. The molecule has 3 nitrogen and oxygen atoms in total. The van der Waals surface area contributed by atoms with Crippen molar-refractivity contribution in [1.82, 2.24) is 0 Å². The number of nitrogens with one attached hydrogen (secondary N) is 1. The van der Waals surface area contributed by atoms with Gasteiger partial charge in [-0.2, -0.15) is 0 Å². The molecule has 3 rings (SSSR count). The van der Waals surface area contributed by atoms with Crippen molar-refractivity contribution in [2.45, 2.75) is 13.0 Å². The normalized spacial score (nSPS) is 11.9. The number of hydrogen-bond donors (Lipinski definition) is 1. The summed E-state index contributed by atoms with van der Waals surface area (Å²) in [6.07, 6.45) is -0.568. The molecule has 0 aromatic heterocycles. The summed E-state index contributed by atoms with van der Waals surface area (Å²) in [5.41, 5.74) is 0.798. The van der Waals surface area contributed by atoms with E-state index in [4.69, 9.17) is 4.74 Å². The van der Waals surface area contributed by atoms with E-state index in [1.54, 1.807) is 6.92 Å². The first-order valence-corrected chi connectivity index (χ1v) is 7.24. The number of carbonyl (C=O) groups excluding carboxylic acids is 1. The van der Waals surface area contributed by atoms with Gasteiger partial charge in [0.15, 0.2) is 6.10 Å². The van der Waals surface area contributed by atoms with Gasteiger partial charge >= 0.3 is 0 Å². The van der Waals surface area contributed by atoms with Crippen LogP contribution in [0.25, 0.3) is 10.8 Å². The molecule has 3 aromatic carbocycles. The Kier molecular flexibility index (Phi) is 4.05. The van der Waals surface area contributed by atoms with Crippen LogP contribution in [0.4, 0.5) is 5.69 Å². The maximum Gasteiger partial charge on any atom is 0.265 e. The van der Waals surface area contributed by atoms with Crippen LogP contribution >= 0.6 is 0 Å². The van der Waals surface area contributed by atoms with Crippen LogP contribution in [-0.2, 0) is 4.79 Å². The molecule has 0 aliphatic heterocycles. The zero-order valence-corrected chi connectivity index (χ0v) is 12.3. The second-order valence-electron chi connectivity index (χ2n) is 5.09. The average molecular weight is 291 g/mol. The number of anilines is 1. The van der Waals surface area contributed by atoms with Gasteiger partial charge in [0.1, 0.15) is 5.75 Å². The second kappa shape index (κ2) is 6.31. The molecule has 0 aliphatic rings. The zero-order valence-electron chi connectivity index (χ0n) is 12.3. The van der Waals surface area contributed by atoms with Gasteiger partial charge in [-0.05, 0) is 30.5 Å². The highest BCUT2D eigenvalue weighted by molar-refractivity contribution is 6.03. The fourth-order valence-electron chi connectivity index (χ4n) is 2.33. The van der Waals surface area contributed by atoms with E-state index in [9.17, 15) is 4.79 Å². The third-order valence-corrected chi connectivity index (χ3v) is 3.47. The number of benzene rings is 3. The summed E-state index contributed by atoms with van der Waals surface area (Å²) in [5.74, 6) is 0.517. The molecule has 0 fully saturated rings. The Morgan fingerprint density at radius 3 is 2.41 bits per heavy atom. The van der Waals surface area contributed by atoms with E-state index >= 15 is 0 Å². The third kappa shape index (κ3) is 3.09. The van der Waals surface area contributed by atoms with Crippen molar-refractivity contribution in [3.63, 3.8) is 0 Å².